The number of thiocarbonyl (C=S) groups is 1. The Balaban J connectivity index is 3.27. The number of hydrogen-bond acceptors (Lipinski definition) is 2. The van der Waals surface area contributed by atoms with E-state index in [0.717, 1.165) is 25.8 Å². The average molecular weight is 595 g/mol. The van der Waals surface area contributed by atoms with Gasteiger partial charge in [0.1, 0.15) is 0 Å². The fourth-order valence-corrected chi connectivity index (χ4v) is 5.98. The lowest BCUT2D eigenvalue weighted by Gasteiger charge is -2.09. The Kier molecular flexibility index (Phi) is 35.0. The highest BCUT2D eigenvalue weighted by atomic mass is 32.1. The van der Waals surface area contributed by atoms with Crippen LogP contribution in [0, 0.1) is 0 Å². The smallest absolute Gasteiger partial charge is 0.226 e. The van der Waals surface area contributed by atoms with E-state index < -0.39 is 0 Å². The minimum absolute atomic E-state index is 0.0733. The van der Waals surface area contributed by atoms with Crippen LogP contribution >= 0.6 is 12.2 Å². The number of nitrogens with one attached hydrogen (secondary N) is 2. The molecule has 0 heterocycles. The van der Waals surface area contributed by atoms with Crippen LogP contribution in [0.2, 0.25) is 0 Å². The molecule has 0 aromatic rings. The Morgan fingerprint density at radius 3 is 1.00 bits per heavy atom. The Morgan fingerprint density at radius 2 is 0.683 bits per heavy atom. The second-order valence-electron chi connectivity index (χ2n) is 12.8. The van der Waals surface area contributed by atoms with Crippen molar-refractivity contribution in [1.82, 2.24) is 10.6 Å². The fraction of sp³-hybridized carbons (Fsp3) is 0.946. The first-order chi connectivity index (χ1) is 20.2. The molecule has 0 aliphatic heterocycles. The predicted octanol–water partition coefficient (Wildman–Crippen LogP) is 12.5. The highest BCUT2D eigenvalue weighted by molar-refractivity contribution is 7.80. The summed E-state index contributed by atoms with van der Waals surface area (Å²) in [5.74, 6) is 0.0733. The largest absolute Gasteiger partial charge is 0.362 e. The van der Waals surface area contributed by atoms with E-state index in [9.17, 15) is 4.79 Å². The first-order valence-corrected chi connectivity index (χ1v) is 19.2. The summed E-state index contributed by atoms with van der Waals surface area (Å²) in [4.78, 5) is 12.1. The third kappa shape index (κ3) is 35.5. The van der Waals surface area contributed by atoms with E-state index in [1.54, 1.807) is 0 Å². The Morgan fingerprint density at radius 1 is 0.415 bits per heavy atom. The second kappa shape index (κ2) is 35.6. The van der Waals surface area contributed by atoms with Crippen molar-refractivity contribution >= 4 is 23.2 Å². The van der Waals surface area contributed by atoms with Crippen molar-refractivity contribution in [3.05, 3.63) is 0 Å². The van der Waals surface area contributed by atoms with Crippen LogP contribution in [0.25, 0.3) is 0 Å². The molecular weight excluding hydrogens is 520 g/mol. The summed E-state index contributed by atoms with van der Waals surface area (Å²) in [7, 11) is 0. The molecule has 0 aromatic heterocycles. The number of unbranched alkanes of at least 4 members (excludes halogenated alkanes) is 29. The van der Waals surface area contributed by atoms with Gasteiger partial charge in [-0.05, 0) is 25.1 Å². The van der Waals surface area contributed by atoms with Crippen molar-refractivity contribution in [3.8, 4) is 0 Å². The lowest BCUT2D eigenvalue weighted by Crippen LogP contribution is -2.39. The molecule has 2 N–H and O–H groups in total. The molecule has 0 rings (SSSR count). The molecule has 0 aliphatic carbocycles. The maximum absolute atomic E-state index is 12.1. The van der Waals surface area contributed by atoms with E-state index in [4.69, 9.17) is 12.2 Å². The van der Waals surface area contributed by atoms with Crippen molar-refractivity contribution in [1.29, 1.82) is 0 Å². The van der Waals surface area contributed by atoms with E-state index >= 15 is 0 Å². The minimum atomic E-state index is 0.0733. The maximum Gasteiger partial charge on any atom is 0.226 e. The van der Waals surface area contributed by atoms with Gasteiger partial charge in [-0.15, -0.1) is 0 Å². The SMILES string of the molecule is CCCCCCCCCCCCCCCCCCNC(=S)NC(=O)CCCCCCCCCCCCCCCCC. The molecule has 0 bridgehead atoms. The molecule has 3 nitrogen and oxygen atoms in total. The number of rotatable bonds is 33. The van der Waals surface area contributed by atoms with Gasteiger partial charge in [-0.1, -0.05) is 200 Å². The van der Waals surface area contributed by atoms with Gasteiger partial charge in [0.25, 0.3) is 0 Å². The summed E-state index contributed by atoms with van der Waals surface area (Å²) >= 11 is 5.31. The van der Waals surface area contributed by atoms with E-state index in [-0.39, 0.29) is 5.91 Å². The normalized spacial score (nSPS) is 11.2. The van der Waals surface area contributed by atoms with Gasteiger partial charge in [0.2, 0.25) is 5.91 Å². The van der Waals surface area contributed by atoms with E-state index in [0.29, 0.717) is 11.5 Å². The topological polar surface area (TPSA) is 41.1 Å². The van der Waals surface area contributed by atoms with Crippen molar-refractivity contribution in [2.45, 2.75) is 219 Å². The van der Waals surface area contributed by atoms with Crippen LogP contribution in [-0.2, 0) is 4.79 Å². The first kappa shape index (κ1) is 40.4. The molecule has 0 aliphatic rings. The number of carbonyl (C=O) groups is 1. The van der Waals surface area contributed by atoms with Gasteiger partial charge in [-0.3, -0.25) is 4.79 Å². The predicted molar refractivity (Wildman–Crippen MR) is 188 cm³/mol. The zero-order valence-corrected chi connectivity index (χ0v) is 29.0. The Hall–Kier alpha value is -0.640. The molecule has 0 saturated carbocycles. The van der Waals surface area contributed by atoms with Crippen LogP contribution in [0.1, 0.15) is 219 Å². The summed E-state index contributed by atoms with van der Waals surface area (Å²) in [6, 6.07) is 0. The minimum Gasteiger partial charge on any atom is -0.362 e. The van der Waals surface area contributed by atoms with Crippen molar-refractivity contribution in [2.24, 2.45) is 0 Å². The van der Waals surface area contributed by atoms with Gasteiger partial charge in [-0.2, -0.15) is 0 Å². The molecule has 0 unspecified atom stereocenters. The number of amides is 1. The summed E-state index contributed by atoms with van der Waals surface area (Å²) in [6.07, 6.45) is 42.9. The van der Waals surface area contributed by atoms with Crippen LogP contribution in [0.15, 0.2) is 0 Å². The van der Waals surface area contributed by atoms with Crippen molar-refractivity contribution in [3.63, 3.8) is 0 Å². The summed E-state index contributed by atoms with van der Waals surface area (Å²) < 4.78 is 0. The monoisotopic (exact) mass is 595 g/mol. The lowest BCUT2D eigenvalue weighted by atomic mass is 10.0. The van der Waals surface area contributed by atoms with Gasteiger partial charge in [0.05, 0.1) is 0 Å². The summed E-state index contributed by atoms with van der Waals surface area (Å²) in [5.41, 5.74) is 0. The van der Waals surface area contributed by atoms with E-state index in [2.05, 4.69) is 24.5 Å². The molecule has 0 atom stereocenters. The standard InChI is InChI=1S/C37H74N2OS/c1-3-5-7-9-11-13-15-17-19-21-23-25-27-29-31-33-35-38-37(41)39-36(40)34-32-30-28-26-24-22-20-18-16-14-12-10-8-6-4-2/h3-35H2,1-2H3,(H2,38,39,40,41). The van der Waals surface area contributed by atoms with Crippen molar-refractivity contribution in [2.75, 3.05) is 6.54 Å². The second-order valence-corrected chi connectivity index (χ2v) is 13.2. The van der Waals surface area contributed by atoms with Crippen LogP contribution in [0.3, 0.4) is 0 Å². The average Bonchev–Trinajstić information content (AvgIpc) is 2.96. The zero-order valence-electron chi connectivity index (χ0n) is 28.2. The summed E-state index contributed by atoms with van der Waals surface area (Å²) in [5, 5.41) is 6.59. The zero-order chi connectivity index (χ0) is 29.9. The molecule has 0 aromatic carbocycles. The molecule has 0 fully saturated rings. The Labute approximate surface area is 263 Å². The fourth-order valence-electron chi connectivity index (χ4n) is 5.77. The van der Waals surface area contributed by atoms with Gasteiger partial charge < -0.3 is 10.6 Å². The van der Waals surface area contributed by atoms with Gasteiger partial charge in [-0.25, -0.2) is 0 Å². The third-order valence-electron chi connectivity index (χ3n) is 8.58. The highest BCUT2D eigenvalue weighted by Gasteiger charge is 2.04. The number of hydrogen-bond donors (Lipinski definition) is 2. The third-order valence-corrected chi connectivity index (χ3v) is 8.82. The molecule has 0 radical (unpaired) electrons. The molecule has 0 spiro atoms. The van der Waals surface area contributed by atoms with Gasteiger partial charge in [0, 0.05) is 13.0 Å². The molecule has 0 saturated heterocycles. The molecule has 41 heavy (non-hydrogen) atoms. The van der Waals surface area contributed by atoms with E-state index in [1.165, 1.54) is 180 Å². The van der Waals surface area contributed by atoms with Crippen molar-refractivity contribution < 1.29 is 4.79 Å². The molecule has 1 amide bonds. The van der Waals surface area contributed by atoms with Crippen LogP contribution in [0.4, 0.5) is 0 Å². The number of carbonyl (C=O) groups excluding carboxylic acids is 1. The molecule has 244 valence electrons. The van der Waals surface area contributed by atoms with Gasteiger partial charge >= 0.3 is 0 Å². The quantitative estimate of drug-likeness (QED) is 0.0586. The Bertz CT molecular complexity index is 539. The first-order valence-electron chi connectivity index (χ1n) is 18.8. The van der Waals surface area contributed by atoms with E-state index in [1.807, 2.05) is 0 Å². The van der Waals surface area contributed by atoms with Crippen LogP contribution < -0.4 is 10.6 Å². The maximum atomic E-state index is 12.1. The highest BCUT2D eigenvalue weighted by Crippen LogP contribution is 2.15. The van der Waals surface area contributed by atoms with Gasteiger partial charge in [0.15, 0.2) is 5.11 Å². The van der Waals surface area contributed by atoms with Crippen LogP contribution in [0.5, 0.6) is 0 Å². The molecule has 4 heteroatoms. The lowest BCUT2D eigenvalue weighted by molar-refractivity contribution is -0.119. The summed E-state index contributed by atoms with van der Waals surface area (Å²) in [6.45, 7) is 5.45. The molecular formula is C37H74N2OS. The van der Waals surface area contributed by atoms with Crippen LogP contribution in [-0.4, -0.2) is 17.6 Å².